The van der Waals surface area contributed by atoms with E-state index < -0.39 is 17.9 Å². The van der Waals surface area contributed by atoms with E-state index in [-0.39, 0.29) is 5.92 Å². The predicted octanol–water partition coefficient (Wildman–Crippen LogP) is 2.23. The smallest absolute Gasteiger partial charge is 0.326 e. The highest BCUT2D eigenvalue weighted by atomic mass is 16.4. The number of aliphatic carboxylic acids is 1. The van der Waals surface area contributed by atoms with Crippen LogP contribution in [0.15, 0.2) is 30.3 Å². The first-order valence-electron chi connectivity index (χ1n) is 6.19. The molecule has 0 saturated heterocycles. The molecule has 1 amide bonds. The minimum atomic E-state index is -1.02. The van der Waals surface area contributed by atoms with E-state index in [1.807, 2.05) is 31.2 Å². The molecule has 0 radical (unpaired) electrons. The molecule has 0 saturated carbocycles. The topological polar surface area (TPSA) is 66.4 Å². The van der Waals surface area contributed by atoms with E-state index in [0.29, 0.717) is 0 Å². The number of rotatable bonds is 5. The Hall–Kier alpha value is -2.10. The van der Waals surface area contributed by atoms with Gasteiger partial charge in [0.05, 0.1) is 0 Å². The van der Waals surface area contributed by atoms with Gasteiger partial charge in [-0.15, -0.1) is 0 Å². The molecule has 0 bridgehead atoms. The summed E-state index contributed by atoms with van der Waals surface area (Å²) in [5, 5.41) is 11.5. The maximum Gasteiger partial charge on any atom is 0.326 e. The zero-order valence-corrected chi connectivity index (χ0v) is 11.4. The van der Waals surface area contributed by atoms with Crippen LogP contribution in [0.4, 0.5) is 0 Å². The molecule has 4 nitrogen and oxygen atoms in total. The maximum absolute atomic E-state index is 11.7. The van der Waals surface area contributed by atoms with Crippen molar-refractivity contribution >= 4 is 18.0 Å². The van der Waals surface area contributed by atoms with Crippen molar-refractivity contribution in [2.24, 2.45) is 5.92 Å². The normalized spacial score (nSPS) is 12.6. The molecule has 0 spiro atoms. The van der Waals surface area contributed by atoms with Crippen molar-refractivity contribution in [1.82, 2.24) is 5.32 Å². The van der Waals surface area contributed by atoms with Crippen molar-refractivity contribution in [3.05, 3.63) is 41.5 Å². The van der Waals surface area contributed by atoms with Crippen LogP contribution in [0.5, 0.6) is 0 Å². The third-order valence-electron chi connectivity index (χ3n) is 2.83. The molecule has 19 heavy (non-hydrogen) atoms. The number of hydrogen-bond acceptors (Lipinski definition) is 2. The predicted molar refractivity (Wildman–Crippen MR) is 74.6 cm³/mol. The van der Waals surface area contributed by atoms with Crippen LogP contribution in [-0.4, -0.2) is 23.0 Å². The van der Waals surface area contributed by atoms with E-state index in [2.05, 4.69) is 5.32 Å². The maximum atomic E-state index is 11.7. The third kappa shape index (κ3) is 4.58. The highest BCUT2D eigenvalue weighted by Gasteiger charge is 2.22. The van der Waals surface area contributed by atoms with Gasteiger partial charge in [0.2, 0.25) is 5.91 Å². The highest BCUT2D eigenvalue weighted by Crippen LogP contribution is 2.09. The SMILES string of the molecule is Cc1ccccc1/C=C/C(=O)NC(C(=O)O)C(C)C. The average molecular weight is 261 g/mol. The van der Waals surface area contributed by atoms with Gasteiger partial charge in [0.15, 0.2) is 0 Å². The summed E-state index contributed by atoms with van der Waals surface area (Å²) in [6, 6.07) is 6.79. The molecule has 2 N–H and O–H groups in total. The molecule has 0 aromatic heterocycles. The molecule has 0 aliphatic rings. The largest absolute Gasteiger partial charge is 0.480 e. The molecule has 1 aromatic rings. The summed E-state index contributed by atoms with van der Waals surface area (Å²) in [5.74, 6) is -1.58. The van der Waals surface area contributed by atoms with Gasteiger partial charge in [0.1, 0.15) is 6.04 Å². The number of benzene rings is 1. The number of carbonyl (C=O) groups excluding carboxylic acids is 1. The van der Waals surface area contributed by atoms with E-state index in [1.54, 1.807) is 19.9 Å². The van der Waals surface area contributed by atoms with E-state index in [9.17, 15) is 9.59 Å². The number of hydrogen-bond donors (Lipinski definition) is 2. The van der Waals surface area contributed by atoms with Gasteiger partial charge in [0.25, 0.3) is 0 Å². The quantitative estimate of drug-likeness (QED) is 0.799. The molecule has 1 unspecified atom stereocenters. The van der Waals surface area contributed by atoms with Crippen molar-refractivity contribution in [2.75, 3.05) is 0 Å². The highest BCUT2D eigenvalue weighted by molar-refractivity contribution is 5.94. The second-order valence-corrected chi connectivity index (χ2v) is 4.76. The van der Waals surface area contributed by atoms with Crippen LogP contribution in [0.25, 0.3) is 6.08 Å². The van der Waals surface area contributed by atoms with Gasteiger partial charge >= 0.3 is 5.97 Å². The first-order chi connectivity index (χ1) is 8.91. The number of carboxylic acids is 1. The Labute approximate surface area is 113 Å². The molecule has 102 valence electrons. The summed E-state index contributed by atoms with van der Waals surface area (Å²) in [5.41, 5.74) is 2.00. The molecule has 4 heteroatoms. The van der Waals surface area contributed by atoms with Crippen molar-refractivity contribution in [1.29, 1.82) is 0 Å². The van der Waals surface area contributed by atoms with E-state index in [4.69, 9.17) is 5.11 Å². The summed E-state index contributed by atoms with van der Waals surface area (Å²) in [4.78, 5) is 22.7. The van der Waals surface area contributed by atoms with Crippen molar-refractivity contribution in [3.8, 4) is 0 Å². The van der Waals surface area contributed by atoms with E-state index >= 15 is 0 Å². The summed E-state index contributed by atoms with van der Waals surface area (Å²) < 4.78 is 0. The standard InChI is InChI=1S/C15H19NO3/c1-10(2)14(15(18)19)16-13(17)9-8-12-7-5-4-6-11(12)3/h4-10,14H,1-3H3,(H,16,17)(H,18,19)/b9-8+. The van der Waals surface area contributed by atoms with Gasteiger partial charge in [0, 0.05) is 6.08 Å². The Morgan fingerprint density at radius 3 is 2.42 bits per heavy atom. The molecule has 0 aliphatic carbocycles. The summed E-state index contributed by atoms with van der Waals surface area (Å²) in [6.45, 7) is 5.46. The second kappa shape index (κ2) is 6.73. The fourth-order valence-corrected chi connectivity index (χ4v) is 1.65. The van der Waals surface area contributed by atoms with Crippen LogP contribution in [0.2, 0.25) is 0 Å². The molecular weight excluding hydrogens is 242 g/mol. The second-order valence-electron chi connectivity index (χ2n) is 4.76. The van der Waals surface area contributed by atoms with Crippen LogP contribution < -0.4 is 5.32 Å². The molecule has 0 aliphatic heterocycles. The summed E-state index contributed by atoms with van der Waals surface area (Å²) in [6.07, 6.45) is 3.05. The van der Waals surface area contributed by atoms with Gasteiger partial charge in [-0.2, -0.15) is 0 Å². The van der Waals surface area contributed by atoms with Gasteiger partial charge in [-0.3, -0.25) is 4.79 Å². The van der Waals surface area contributed by atoms with Gasteiger partial charge in [-0.05, 0) is 30.0 Å². The first-order valence-corrected chi connectivity index (χ1v) is 6.19. The fraction of sp³-hybridized carbons (Fsp3) is 0.333. The monoisotopic (exact) mass is 261 g/mol. The first kappa shape index (κ1) is 15.0. The number of carboxylic acid groups (broad SMARTS) is 1. The number of aryl methyl sites for hydroxylation is 1. The molecular formula is C15H19NO3. The van der Waals surface area contributed by atoms with Crippen LogP contribution in [0.1, 0.15) is 25.0 Å². The number of nitrogens with one attached hydrogen (secondary N) is 1. The lowest BCUT2D eigenvalue weighted by Crippen LogP contribution is -2.43. The van der Waals surface area contributed by atoms with Gasteiger partial charge in [-0.1, -0.05) is 38.1 Å². The summed E-state index contributed by atoms with van der Waals surface area (Å²) in [7, 11) is 0. The molecule has 0 heterocycles. The minimum absolute atomic E-state index is 0.159. The van der Waals surface area contributed by atoms with Crippen molar-refractivity contribution in [2.45, 2.75) is 26.8 Å². The zero-order chi connectivity index (χ0) is 14.4. The lowest BCUT2D eigenvalue weighted by molar-refractivity contribution is -0.142. The van der Waals surface area contributed by atoms with Crippen LogP contribution in [0.3, 0.4) is 0 Å². The van der Waals surface area contributed by atoms with Crippen LogP contribution in [-0.2, 0) is 9.59 Å². The lowest BCUT2D eigenvalue weighted by Gasteiger charge is -2.16. The van der Waals surface area contributed by atoms with Crippen LogP contribution in [0, 0.1) is 12.8 Å². The Kier molecular flexibility index (Phi) is 5.30. The van der Waals surface area contributed by atoms with E-state index in [0.717, 1.165) is 11.1 Å². The van der Waals surface area contributed by atoms with Crippen molar-refractivity contribution < 1.29 is 14.7 Å². The Balaban J connectivity index is 2.70. The number of carbonyl (C=O) groups is 2. The third-order valence-corrected chi connectivity index (χ3v) is 2.83. The Morgan fingerprint density at radius 2 is 1.89 bits per heavy atom. The fourth-order valence-electron chi connectivity index (χ4n) is 1.65. The minimum Gasteiger partial charge on any atom is -0.480 e. The van der Waals surface area contributed by atoms with E-state index in [1.165, 1.54) is 6.08 Å². The van der Waals surface area contributed by atoms with Gasteiger partial charge < -0.3 is 10.4 Å². The Bertz CT molecular complexity index is 492. The zero-order valence-electron chi connectivity index (χ0n) is 11.4. The Morgan fingerprint density at radius 1 is 1.26 bits per heavy atom. The molecule has 1 rings (SSSR count). The molecule has 1 atom stereocenters. The molecule has 0 fully saturated rings. The lowest BCUT2D eigenvalue weighted by atomic mass is 10.0. The average Bonchev–Trinajstić information content (AvgIpc) is 2.34. The molecule has 1 aromatic carbocycles. The number of amides is 1. The van der Waals surface area contributed by atoms with Crippen LogP contribution >= 0.6 is 0 Å². The van der Waals surface area contributed by atoms with Gasteiger partial charge in [-0.25, -0.2) is 4.79 Å². The van der Waals surface area contributed by atoms with Crippen molar-refractivity contribution in [3.63, 3.8) is 0 Å². The summed E-state index contributed by atoms with van der Waals surface area (Å²) >= 11 is 0.